The highest BCUT2D eigenvalue weighted by Gasteiger charge is 2.74. The first-order valence-electron chi connectivity index (χ1n) is 5.63. The molecule has 0 aromatic heterocycles. The molecule has 0 spiro atoms. The Hall–Kier alpha value is -0.920. The molecule has 0 heterocycles. The van der Waals surface area contributed by atoms with Gasteiger partial charge in [-0.3, -0.25) is 4.79 Å². The van der Waals surface area contributed by atoms with Gasteiger partial charge in [-0.15, -0.1) is 0 Å². The average Bonchev–Trinajstić information content (AvgIpc) is 3.00. The second-order valence-electron chi connectivity index (χ2n) is 4.83. The summed E-state index contributed by atoms with van der Waals surface area (Å²) in [4.78, 5) is 11.5. The van der Waals surface area contributed by atoms with Gasteiger partial charge in [0.25, 0.3) is 0 Å². The van der Waals surface area contributed by atoms with Gasteiger partial charge in [0.05, 0.1) is 5.25 Å². The van der Waals surface area contributed by atoms with Crippen LogP contribution in [0, 0.1) is 5.41 Å². The van der Waals surface area contributed by atoms with E-state index in [1.165, 1.54) is 0 Å². The highest BCUT2D eigenvalue weighted by Crippen LogP contribution is 2.62. The molecule has 2 rings (SSSR count). The van der Waals surface area contributed by atoms with Gasteiger partial charge in [0.1, 0.15) is 5.41 Å². The summed E-state index contributed by atoms with van der Waals surface area (Å²) in [5.41, 5.74) is 4.85. The van der Waals surface area contributed by atoms with Crippen LogP contribution in [0.1, 0.15) is 11.5 Å². The highest BCUT2D eigenvalue weighted by atomic mass is 79.9. The summed E-state index contributed by atoms with van der Waals surface area (Å²) >= 11 is 3.28. The number of hydrogen-bond acceptors (Lipinski definition) is 4. The number of carbonyl (C=O) groups is 1. The molecule has 0 aliphatic heterocycles. The molecule has 0 bridgehead atoms. The Labute approximate surface area is 119 Å². The number of hydrogen-bond donors (Lipinski definition) is 2. The van der Waals surface area contributed by atoms with Crippen LogP contribution in [-0.4, -0.2) is 37.5 Å². The molecule has 19 heavy (non-hydrogen) atoms. The molecular formula is C12H14BrNO4S. The molecule has 1 fully saturated rings. The second-order valence-corrected chi connectivity index (χ2v) is 7.91. The van der Waals surface area contributed by atoms with Gasteiger partial charge in [-0.25, -0.2) is 8.42 Å². The van der Waals surface area contributed by atoms with Gasteiger partial charge in [-0.1, -0.05) is 28.1 Å². The van der Waals surface area contributed by atoms with E-state index in [4.69, 9.17) is 5.73 Å². The third-order valence-electron chi connectivity index (χ3n) is 3.68. The van der Waals surface area contributed by atoms with Crippen molar-refractivity contribution in [3.63, 3.8) is 0 Å². The standard InChI is InChI=1S/C12H14BrNO4S/c1-19(17,18)10-9(12(10,6-14)11(15)16)7-2-4-8(13)5-3-7/h2-5,9-10H,6,14H2,1H3,(H,15,16)/t9-,10+,12+/m0/s1. The Morgan fingerprint density at radius 2 is 1.95 bits per heavy atom. The first kappa shape index (κ1) is 14.5. The molecule has 5 nitrogen and oxygen atoms in total. The third-order valence-corrected chi connectivity index (χ3v) is 5.83. The maximum absolute atomic E-state index is 11.8. The van der Waals surface area contributed by atoms with Gasteiger partial charge in [-0.05, 0) is 17.7 Å². The number of carboxylic acid groups (broad SMARTS) is 1. The van der Waals surface area contributed by atoms with E-state index in [2.05, 4.69) is 15.9 Å². The van der Waals surface area contributed by atoms with Gasteiger partial charge < -0.3 is 10.8 Å². The van der Waals surface area contributed by atoms with E-state index in [1.54, 1.807) is 24.3 Å². The predicted molar refractivity (Wildman–Crippen MR) is 74.6 cm³/mol. The van der Waals surface area contributed by atoms with E-state index >= 15 is 0 Å². The number of sulfone groups is 1. The molecule has 0 radical (unpaired) electrons. The quantitative estimate of drug-likeness (QED) is 0.846. The van der Waals surface area contributed by atoms with Crippen LogP contribution in [0.3, 0.4) is 0 Å². The van der Waals surface area contributed by atoms with Crippen LogP contribution in [0.4, 0.5) is 0 Å². The first-order chi connectivity index (χ1) is 8.75. The fourth-order valence-electron chi connectivity index (χ4n) is 2.76. The maximum Gasteiger partial charge on any atom is 0.312 e. The van der Waals surface area contributed by atoms with Crippen molar-refractivity contribution in [2.75, 3.05) is 12.8 Å². The highest BCUT2D eigenvalue weighted by molar-refractivity contribution is 9.10. The van der Waals surface area contributed by atoms with Crippen molar-refractivity contribution in [2.45, 2.75) is 11.2 Å². The summed E-state index contributed by atoms with van der Waals surface area (Å²) in [7, 11) is -3.47. The lowest BCUT2D eigenvalue weighted by molar-refractivity contribution is -0.143. The molecule has 104 valence electrons. The monoisotopic (exact) mass is 347 g/mol. The Morgan fingerprint density at radius 1 is 1.42 bits per heavy atom. The molecule has 3 atom stereocenters. The molecule has 1 saturated carbocycles. The van der Waals surface area contributed by atoms with Gasteiger partial charge in [0, 0.05) is 23.2 Å². The summed E-state index contributed by atoms with van der Waals surface area (Å²) < 4.78 is 24.4. The number of rotatable bonds is 4. The van der Waals surface area contributed by atoms with Crippen molar-refractivity contribution in [1.82, 2.24) is 0 Å². The first-order valence-corrected chi connectivity index (χ1v) is 8.37. The minimum atomic E-state index is -3.47. The van der Waals surface area contributed by atoms with Crippen LogP contribution >= 0.6 is 15.9 Å². The van der Waals surface area contributed by atoms with Crippen LogP contribution < -0.4 is 5.73 Å². The minimum absolute atomic E-state index is 0.194. The fraction of sp³-hybridized carbons (Fsp3) is 0.417. The van der Waals surface area contributed by atoms with Crippen molar-refractivity contribution >= 4 is 31.7 Å². The van der Waals surface area contributed by atoms with Crippen LogP contribution in [0.2, 0.25) is 0 Å². The molecule has 1 aliphatic carbocycles. The zero-order valence-electron chi connectivity index (χ0n) is 10.2. The smallest absolute Gasteiger partial charge is 0.312 e. The Morgan fingerprint density at radius 3 is 2.26 bits per heavy atom. The van der Waals surface area contributed by atoms with Crippen LogP contribution in [0.25, 0.3) is 0 Å². The van der Waals surface area contributed by atoms with Crippen molar-refractivity contribution in [2.24, 2.45) is 11.1 Å². The van der Waals surface area contributed by atoms with Gasteiger partial charge >= 0.3 is 5.97 Å². The Balaban J connectivity index is 2.50. The summed E-state index contributed by atoms with van der Waals surface area (Å²) in [5, 5.41) is 8.42. The predicted octanol–water partition coefficient (Wildman–Crippen LogP) is 0.989. The fourth-order valence-corrected chi connectivity index (χ4v) is 4.95. The van der Waals surface area contributed by atoms with Crippen molar-refractivity contribution < 1.29 is 18.3 Å². The topological polar surface area (TPSA) is 97.5 Å². The summed E-state index contributed by atoms with van der Waals surface area (Å²) in [5.74, 6) is -1.74. The summed E-state index contributed by atoms with van der Waals surface area (Å²) in [6, 6.07) is 6.98. The maximum atomic E-state index is 11.8. The normalized spacial score (nSPS) is 30.1. The van der Waals surface area contributed by atoms with E-state index in [9.17, 15) is 18.3 Å². The van der Waals surface area contributed by atoms with Crippen LogP contribution in [-0.2, 0) is 14.6 Å². The van der Waals surface area contributed by atoms with Crippen molar-refractivity contribution in [3.8, 4) is 0 Å². The molecule has 3 N–H and O–H groups in total. The van der Waals surface area contributed by atoms with E-state index in [1.807, 2.05) is 0 Å². The lowest BCUT2D eigenvalue weighted by Gasteiger charge is -2.09. The van der Waals surface area contributed by atoms with Crippen LogP contribution in [0.5, 0.6) is 0 Å². The van der Waals surface area contributed by atoms with E-state index in [-0.39, 0.29) is 6.54 Å². The Kier molecular flexibility index (Phi) is 3.49. The van der Waals surface area contributed by atoms with Gasteiger partial charge in [0.15, 0.2) is 9.84 Å². The lowest BCUT2D eigenvalue weighted by Crippen LogP contribution is -2.31. The van der Waals surface area contributed by atoms with Crippen molar-refractivity contribution in [3.05, 3.63) is 34.3 Å². The second kappa shape index (κ2) is 4.57. The SMILES string of the molecule is CS(=O)(=O)[C@@H]1[C@H](c2ccc(Br)cc2)[C@@]1(CN)C(=O)O. The lowest BCUT2D eigenvalue weighted by atomic mass is 9.99. The number of carboxylic acids is 1. The number of nitrogens with two attached hydrogens (primary N) is 1. The number of aliphatic carboxylic acids is 1. The molecule has 0 unspecified atom stereocenters. The zero-order valence-corrected chi connectivity index (χ0v) is 12.6. The van der Waals surface area contributed by atoms with Gasteiger partial charge in [-0.2, -0.15) is 0 Å². The number of benzene rings is 1. The molecule has 7 heteroatoms. The third kappa shape index (κ3) is 2.19. The largest absolute Gasteiger partial charge is 0.481 e. The minimum Gasteiger partial charge on any atom is -0.481 e. The van der Waals surface area contributed by atoms with Gasteiger partial charge in [0.2, 0.25) is 0 Å². The Bertz CT molecular complexity index is 613. The number of halogens is 1. The average molecular weight is 348 g/mol. The van der Waals surface area contributed by atoms with Crippen molar-refractivity contribution in [1.29, 1.82) is 0 Å². The molecule has 0 saturated heterocycles. The van der Waals surface area contributed by atoms with E-state index < -0.39 is 32.4 Å². The molecule has 0 amide bonds. The molecule has 1 aliphatic rings. The van der Waals surface area contributed by atoms with E-state index in [0.29, 0.717) is 5.56 Å². The zero-order chi connectivity index (χ0) is 14.4. The molecular weight excluding hydrogens is 334 g/mol. The summed E-state index contributed by atoms with van der Waals surface area (Å²) in [6.07, 6.45) is 1.06. The summed E-state index contributed by atoms with van der Waals surface area (Å²) in [6.45, 7) is -0.194. The molecule has 1 aromatic rings. The van der Waals surface area contributed by atoms with Crippen LogP contribution in [0.15, 0.2) is 28.7 Å². The molecule has 1 aromatic carbocycles. The van der Waals surface area contributed by atoms with E-state index in [0.717, 1.165) is 10.7 Å².